The Labute approximate surface area is 96.0 Å². The van der Waals surface area contributed by atoms with E-state index in [9.17, 15) is 0 Å². The van der Waals surface area contributed by atoms with Crippen molar-refractivity contribution in [3.05, 3.63) is 0 Å². The van der Waals surface area contributed by atoms with E-state index in [1.165, 1.54) is 25.9 Å². The van der Waals surface area contributed by atoms with Crippen LogP contribution in [0.3, 0.4) is 0 Å². The van der Waals surface area contributed by atoms with E-state index in [0.29, 0.717) is 10.8 Å². The molecular formula is C14H29N. The van der Waals surface area contributed by atoms with Gasteiger partial charge >= 0.3 is 0 Å². The third-order valence-electron chi connectivity index (χ3n) is 4.24. The van der Waals surface area contributed by atoms with Gasteiger partial charge in [0.2, 0.25) is 0 Å². The third-order valence-corrected chi connectivity index (χ3v) is 4.24. The highest BCUT2D eigenvalue weighted by Crippen LogP contribution is 2.39. The molecule has 1 N–H and O–H groups in total. The van der Waals surface area contributed by atoms with Crippen LogP contribution in [-0.4, -0.2) is 13.1 Å². The lowest BCUT2D eigenvalue weighted by Crippen LogP contribution is -2.44. The Hall–Kier alpha value is -0.0400. The Morgan fingerprint density at radius 2 is 1.67 bits per heavy atom. The maximum Gasteiger partial charge on any atom is 0.000794 e. The van der Waals surface area contributed by atoms with E-state index in [-0.39, 0.29) is 0 Å². The van der Waals surface area contributed by atoms with Crippen molar-refractivity contribution in [1.29, 1.82) is 0 Å². The summed E-state index contributed by atoms with van der Waals surface area (Å²) >= 11 is 0. The first-order valence-corrected chi connectivity index (χ1v) is 6.46. The fraction of sp³-hybridized carbons (Fsp3) is 1.00. The van der Waals surface area contributed by atoms with Crippen molar-refractivity contribution in [3.63, 3.8) is 0 Å². The van der Waals surface area contributed by atoms with Gasteiger partial charge in [0.15, 0.2) is 0 Å². The Kier molecular flexibility index (Phi) is 3.86. The zero-order chi connectivity index (χ0) is 11.7. The molecule has 0 amide bonds. The first-order chi connectivity index (χ1) is 6.75. The normalized spacial score (nSPS) is 37.4. The summed E-state index contributed by atoms with van der Waals surface area (Å²) in [4.78, 5) is 0. The lowest BCUT2D eigenvalue weighted by Gasteiger charge is -2.42. The number of nitrogens with one attached hydrogen (secondary N) is 1. The standard InChI is InChI=1S/C14H29N/c1-11(2)14(6)8-12(3)7-13(4,5)9-15-10-14/h11-12,15H,7-10H2,1-6H3. The predicted octanol–water partition coefficient (Wildman–Crippen LogP) is 3.69. The van der Waals surface area contributed by atoms with Gasteiger partial charge < -0.3 is 5.32 Å². The van der Waals surface area contributed by atoms with Gasteiger partial charge in [-0.1, -0.05) is 41.5 Å². The van der Waals surface area contributed by atoms with Crippen molar-refractivity contribution in [2.45, 2.75) is 54.4 Å². The molecule has 2 atom stereocenters. The quantitative estimate of drug-likeness (QED) is 0.697. The molecule has 1 aliphatic heterocycles. The Morgan fingerprint density at radius 1 is 1.07 bits per heavy atom. The third kappa shape index (κ3) is 3.48. The first kappa shape index (κ1) is 13.0. The molecule has 0 radical (unpaired) electrons. The second kappa shape index (κ2) is 4.45. The zero-order valence-corrected chi connectivity index (χ0v) is 11.5. The van der Waals surface area contributed by atoms with Gasteiger partial charge in [-0.25, -0.2) is 0 Å². The minimum Gasteiger partial charge on any atom is -0.316 e. The van der Waals surface area contributed by atoms with Crippen LogP contribution in [0.4, 0.5) is 0 Å². The molecule has 1 fully saturated rings. The van der Waals surface area contributed by atoms with Gasteiger partial charge in [-0.05, 0) is 35.5 Å². The van der Waals surface area contributed by atoms with Gasteiger partial charge in [0.05, 0.1) is 0 Å². The summed E-state index contributed by atoms with van der Waals surface area (Å²) in [6.45, 7) is 16.7. The van der Waals surface area contributed by atoms with Crippen LogP contribution in [-0.2, 0) is 0 Å². The lowest BCUT2D eigenvalue weighted by molar-refractivity contribution is 0.108. The summed E-state index contributed by atoms with van der Waals surface area (Å²) in [5, 5.41) is 3.67. The SMILES string of the molecule is CC1CC(C)(C)CNCC(C)(C(C)C)C1. The Morgan fingerprint density at radius 3 is 2.20 bits per heavy atom. The molecule has 2 unspecified atom stereocenters. The molecule has 0 aromatic heterocycles. The van der Waals surface area contributed by atoms with E-state index in [1.807, 2.05) is 0 Å². The van der Waals surface area contributed by atoms with Crippen LogP contribution in [0, 0.1) is 22.7 Å². The molecule has 0 aromatic carbocycles. The fourth-order valence-electron chi connectivity index (χ4n) is 3.08. The highest BCUT2D eigenvalue weighted by molar-refractivity contribution is 4.87. The van der Waals surface area contributed by atoms with E-state index in [0.717, 1.165) is 11.8 Å². The lowest BCUT2D eigenvalue weighted by atomic mass is 9.68. The van der Waals surface area contributed by atoms with Gasteiger partial charge in [-0.3, -0.25) is 0 Å². The largest absolute Gasteiger partial charge is 0.316 e. The van der Waals surface area contributed by atoms with E-state index in [1.54, 1.807) is 0 Å². The van der Waals surface area contributed by atoms with Gasteiger partial charge in [0.1, 0.15) is 0 Å². The van der Waals surface area contributed by atoms with Gasteiger partial charge in [-0.2, -0.15) is 0 Å². The maximum absolute atomic E-state index is 3.67. The highest BCUT2D eigenvalue weighted by Gasteiger charge is 2.34. The minimum absolute atomic E-state index is 0.470. The molecule has 0 aliphatic carbocycles. The molecule has 1 saturated heterocycles. The van der Waals surface area contributed by atoms with Crippen LogP contribution in [0.2, 0.25) is 0 Å². The average Bonchev–Trinajstić information content (AvgIpc) is 1.99. The van der Waals surface area contributed by atoms with Crippen molar-refractivity contribution in [1.82, 2.24) is 5.32 Å². The Balaban J connectivity index is 2.70. The van der Waals surface area contributed by atoms with Gasteiger partial charge in [-0.15, -0.1) is 0 Å². The minimum atomic E-state index is 0.470. The van der Waals surface area contributed by atoms with Crippen LogP contribution in [0.1, 0.15) is 54.4 Å². The molecule has 15 heavy (non-hydrogen) atoms. The number of hydrogen-bond donors (Lipinski definition) is 1. The van der Waals surface area contributed by atoms with Gasteiger partial charge in [0.25, 0.3) is 0 Å². The van der Waals surface area contributed by atoms with Gasteiger partial charge in [0, 0.05) is 13.1 Å². The van der Waals surface area contributed by atoms with Crippen LogP contribution in [0.5, 0.6) is 0 Å². The summed E-state index contributed by atoms with van der Waals surface area (Å²) in [6.07, 6.45) is 2.71. The van der Waals surface area contributed by atoms with Crippen molar-refractivity contribution >= 4 is 0 Å². The topological polar surface area (TPSA) is 12.0 Å². The first-order valence-electron chi connectivity index (χ1n) is 6.46. The van der Waals surface area contributed by atoms with Crippen LogP contribution >= 0.6 is 0 Å². The van der Waals surface area contributed by atoms with Crippen molar-refractivity contribution in [2.75, 3.05) is 13.1 Å². The number of hydrogen-bond acceptors (Lipinski definition) is 1. The smallest absolute Gasteiger partial charge is 0.000794 e. The summed E-state index contributed by atoms with van der Waals surface area (Å²) in [5.74, 6) is 1.63. The van der Waals surface area contributed by atoms with E-state index in [4.69, 9.17) is 0 Å². The predicted molar refractivity (Wildman–Crippen MR) is 68.0 cm³/mol. The molecule has 1 heteroatoms. The van der Waals surface area contributed by atoms with Crippen LogP contribution in [0.25, 0.3) is 0 Å². The molecule has 1 aliphatic rings. The molecule has 90 valence electrons. The molecule has 0 spiro atoms. The molecule has 0 aromatic rings. The highest BCUT2D eigenvalue weighted by atomic mass is 14.9. The second-order valence-electron chi connectivity index (χ2n) is 7.09. The molecular weight excluding hydrogens is 182 g/mol. The monoisotopic (exact) mass is 211 g/mol. The Bertz CT molecular complexity index is 207. The van der Waals surface area contributed by atoms with E-state index in [2.05, 4.69) is 46.9 Å². The fourth-order valence-corrected chi connectivity index (χ4v) is 3.08. The summed E-state index contributed by atoms with van der Waals surface area (Å²) in [7, 11) is 0. The molecule has 0 saturated carbocycles. The average molecular weight is 211 g/mol. The summed E-state index contributed by atoms with van der Waals surface area (Å²) in [6, 6.07) is 0. The van der Waals surface area contributed by atoms with Crippen molar-refractivity contribution < 1.29 is 0 Å². The molecule has 1 heterocycles. The van der Waals surface area contributed by atoms with Crippen LogP contribution < -0.4 is 5.32 Å². The number of rotatable bonds is 1. The zero-order valence-electron chi connectivity index (χ0n) is 11.5. The molecule has 0 bridgehead atoms. The summed E-state index contributed by atoms with van der Waals surface area (Å²) < 4.78 is 0. The van der Waals surface area contributed by atoms with E-state index < -0.39 is 0 Å². The van der Waals surface area contributed by atoms with E-state index >= 15 is 0 Å². The molecule has 1 nitrogen and oxygen atoms in total. The maximum atomic E-state index is 3.67. The van der Waals surface area contributed by atoms with Crippen LogP contribution in [0.15, 0.2) is 0 Å². The molecule has 1 rings (SSSR count). The second-order valence-corrected chi connectivity index (χ2v) is 7.09. The van der Waals surface area contributed by atoms with Crippen molar-refractivity contribution in [2.24, 2.45) is 22.7 Å². The van der Waals surface area contributed by atoms with Crippen molar-refractivity contribution in [3.8, 4) is 0 Å². The summed E-state index contributed by atoms with van der Waals surface area (Å²) in [5.41, 5.74) is 0.952.